The van der Waals surface area contributed by atoms with Crippen LogP contribution in [-0.2, 0) is 0 Å². The minimum Gasteiger partial charge on any atom is -0.497 e. The second-order valence-electron chi connectivity index (χ2n) is 8.80. The Morgan fingerprint density at radius 3 is 2.06 bits per heavy atom. The molecule has 0 spiro atoms. The molecule has 0 atom stereocenters. The Morgan fingerprint density at radius 1 is 0.794 bits per heavy atom. The number of fused-ring (bicyclic) bond motifs is 2. The first-order valence-corrected chi connectivity index (χ1v) is 12.0. The molecule has 0 amide bonds. The molecular weight excluding hydrogens is 418 g/mol. The van der Waals surface area contributed by atoms with Crippen LogP contribution in [0, 0.1) is 0 Å². The summed E-state index contributed by atoms with van der Waals surface area (Å²) in [5.74, 6) is 1.64. The largest absolute Gasteiger partial charge is 0.497 e. The monoisotopic (exact) mass is 449 g/mol. The summed E-state index contributed by atoms with van der Waals surface area (Å²) in [6.45, 7) is 3.08. The summed E-state index contributed by atoms with van der Waals surface area (Å²) in [6.07, 6.45) is 11.1. The fourth-order valence-electron chi connectivity index (χ4n) is 4.99. The molecule has 1 aliphatic carbocycles. The van der Waals surface area contributed by atoms with Crippen LogP contribution in [0.2, 0.25) is 0 Å². The van der Waals surface area contributed by atoms with Crippen LogP contribution >= 0.6 is 0 Å². The predicted molar refractivity (Wildman–Crippen MR) is 142 cm³/mol. The van der Waals surface area contributed by atoms with Crippen LogP contribution in [0.25, 0.3) is 23.8 Å². The van der Waals surface area contributed by atoms with Gasteiger partial charge in [0.05, 0.1) is 14.2 Å². The quantitative estimate of drug-likeness (QED) is 0.334. The van der Waals surface area contributed by atoms with Gasteiger partial charge in [-0.05, 0) is 52.8 Å². The van der Waals surface area contributed by atoms with Crippen molar-refractivity contribution in [2.45, 2.75) is 12.8 Å². The lowest BCUT2D eigenvalue weighted by atomic mass is 9.86. The Hall–Kier alpha value is -3.56. The lowest BCUT2D eigenvalue weighted by Crippen LogP contribution is -2.31. The smallest absolute Gasteiger partial charge is 0.129 e. The van der Waals surface area contributed by atoms with Crippen LogP contribution in [0.4, 0.5) is 0 Å². The Bertz CT molecular complexity index is 1210. The fourth-order valence-corrected chi connectivity index (χ4v) is 4.99. The predicted octanol–water partition coefficient (Wildman–Crippen LogP) is 6.80. The molecule has 172 valence electrons. The van der Waals surface area contributed by atoms with Crippen molar-refractivity contribution < 1.29 is 9.47 Å². The van der Waals surface area contributed by atoms with Gasteiger partial charge in [-0.25, -0.2) is 0 Å². The van der Waals surface area contributed by atoms with Crippen molar-refractivity contribution in [3.8, 4) is 11.5 Å². The van der Waals surface area contributed by atoms with Crippen LogP contribution in [0.15, 0.2) is 78.4 Å². The van der Waals surface area contributed by atoms with Gasteiger partial charge >= 0.3 is 0 Å². The molecule has 3 aromatic carbocycles. The fraction of sp³-hybridized carbons (Fsp3) is 0.226. The molecule has 3 aromatic rings. The van der Waals surface area contributed by atoms with Crippen molar-refractivity contribution in [2.24, 2.45) is 0 Å². The van der Waals surface area contributed by atoms with E-state index in [0.29, 0.717) is 0 Å². The number of ether oxygens (including phenoxy) is 2. The number of rotatable bonds is 5. The first kappa shape index (κ1) is 22.2. The van der Waals surface area contributed by atoms with Crippen molar-refractivity contribution in [2.75, 3.05) is 33.9 Å². The standard InChI is InChI=1S/C31H31NO2/c1-33-27-16-15-25(30(22-27)34-2)10-7-19-32-20-17-26(18-21-32)31-28-11-5-3-8-23(28)13-14-24-9-4-6-12-29(24)31/h3-16,22H,17-21H2,1-2H3. The minimum atomic E-state index is 0.808. The lowest BCUT2D eigenvalue weighted by molar-refractivity contribution is 0.284. The molecule has 34 heavy (non-hydrogen) atoms. The normalized spacial score (nSPS) is 15.7. The highest BCUT2D eigenvalue weighted by Crippen LogP contribution is 2.38. The highest BCUT2D eigenvalue weighted by Gasteiger charge is 2.22. The molecule has 3 heteroatoms. The SMILES string of the molecule is COc1ccc(C=CCN2CCC(=C3c4ccccc4C=Cc4ccccc43)CC2)c(OC)c1. The maximum absolute atomic E-state index is 5.52. The summed E-state index contributed by atoms with van der Waals surface area (Å²) in [7, 11) is 3.37. The molecule has 1 aliphatic heterocycles. The van der Waals surface area contributed by atoms with Gasteiger partial charge in [0.25, 0.3) is 0 Å². The molecule has 5 rings (SSSR count). The average Bonchev–Trinajstić information content (AvgIpc) is 3.06. The van der Waals surface area contributed by atoms with E-state index < -0.39 is 0 Å². The van der Waals surface area contributed by atoms with Gasteiger partial charge in [0, 0.05) is 31.3 Å². The Labute approximate surface area is 202 Å². The number of nitrogens with zero attached hydrogens (tertiary/aromatic N) is 1. The Morgan fingerprint density at radius 2 is 1.44 bits per heavy atom. The van der Waals surface area contributed by atoms with E-state index in [-0.39, 0.29) is 0 Å². The number of hydrogen-bond acceptors (Lipinski definition) is 3. The van der Waals surface area contributed by atoms with Crippen LogP contribution in [0.1, 0.15) is 40.7 Å². The van der Waals surface area contributed by atoms with E-state index in [9.17, 15) is 0 Å². The third kappa shape index (κ3) is 4.57. The summed E-state index contributed by atoms with van der Waals surface area (Å²) < 4.78 is 10.8. The summed E-state index contributed by atoms with van der Waals surface area (Å²) >= 11 is 0. The maximum atomic E-state index is 5.52. The van der Waals surface area contributed by atoms with Gasteiger partial charge in [-0.15, -0.1) is 0 Å². The van der Waals surface area contributed by atoms with Crippen molar-refractivity contribution >= 4 is 23.8 Å². The molecule has 1 saturated heterocycles. The van der Waals surface area contributed by atoms with Gasteiger partial charge in [0.1, 0.15) is 11.5 Å². The van der Waals surface area contributed by atoms with Crippen molar-refractivity contribution in [1.29, 1.82) is 0 Å². The molecule has 3 nitrogen and oxygen atoms in total. The molecule has 0 bridgehead atoms. The van der Waals surface area contributed by atoms with Gasteiger partial charge in [-0.1, -0.05) is 78.4 Å². The Kier molecular flexibility index (Phi) is 6.64. The Balaban J connectivity index is 1.33. The minimum absolute atomic E-state index is 0.808. The van der Waals surface area contributed by atoms with E-state index in [1.165, 1.54) is 27.8 Å². The zero-order valence-corrected chi connectivity index (χ0v) is 20.0. The highest BCUT2D eigenvalue weighted by molar-refractivity contribution is 5.94. The molecule has 0 aromatic heterocycles. The van der Waals surface area contributed by atoms with Gasteiger partial charge in [-0.2, -0.15) is 0 Å². The summed E-state index contributed by atoms with van der Waals surface area (Å²) in [5.41, 5.74) is 9.41. The number of hydrogen-bond donors (Lipinski definition) is 0. The molecule has 0 saturated carbocycles. The summed E-state index contributed by atoms with van der Waals surface area (Å²) in [6, 6.07) is 23.5. The van der Waals surface area contributed by atoms with Crippen molar-refractivity contribution in [3.05, 3.63) is 106 Å². The number of methoxy groups -OCH3 is 2. The van der Waals surface area contributed by atoms with Crippen LogP contribution in [0.5, 0.6) is 11.5 Å². The molecule has 2 aliphatic rings. The van der Waals surface area contributed by atoms with E-state index in [0.717, 1.165) is 49.5 Å². The molecule has 0 radical (unpaired) electrons. The third-order valence-electron chi connectivity index (χ3n) is 6.82. The third-order valence-corrected chi connectivity index (χ3v) is 6.82. The lowest BCUT2D eigenvalue weighted by Gasteiger charge is -2.29. The maximum Gasteiger partial charge on any atom is 0.129 e. The number of piperidine rings is 1. The second kappa shape index (κ2) is 10.1. The molecular formula is C31H31NO2. The van der Waals surface area contributed by atoms with Gasteiger partial charge in [-0.3, -0.25) is 4.90 Å². The zero-order chi connectivity index (χ0) is 23.3. The van der Waals surface area contributed by atoms with Crippen LogP contribution in [-0.4, -0.2) is 38.8 Å². The van der Waals surface area contributed by atoms with E-state index in [4.69, 9.17) is 9.47 Å². The van der Waals surface area contributed by atoms with Gasteiger partial charge in [0.2, 0.25) is 0 Å². The van der Waals surface area contributed by atoms with E-state index in [1.54, 1.807) is 19.8 Å². The number of likely N-dealkylation sites (tertiary alicyclic amines) is 1. The number of benzene rings is 3. The van der Waals surface area contributed by atoms with E-state index >= 15 is 0 Å². The molecule has 0 N–H and O–H groups in total. The van der Waals surface area contributed by atoms with Crippen LogP contribution in [0.3, 0.4) is 0 Å². The molecule has 1 heterocycles. The summed E-state index contributed by atoms with van der Waals surface area (Å²) in [4.78, 5) is 2.53. The first-order valence-electron chi connectivity index (χ1n) is 12.0. The van der Waals surface area contributed by atoms with E-state index in [2.05, 4.69) is 77.7 Å². The van der Waals surface area contributed by atoms with Gasteiger partial charge in [0.15, 0.2) is 0 Å². The highest BCUT2D eigenvalue weighted by atomic mass is 16.5. The molecule has 0 unspecified atom stereocenters. The van der Waals surface area contributed by atoms with E-state index in [1.807, 2.05) is 18.2 Å². The van der Waals surface area contributed by atoms with Crippen molar-refractivity contribution in [3.63, 3.8) is 0 Å². The second-order valence-corrected chi connectivity index (χ2v) is 8.80. The zero-order valence-electron chi connectivity index (χ0n) is 20.0. The summed E-state index contributed by atoms with van der Waals surface area (Å²) in [5, 5.41) is 0. The van der Waals surface area contributed by atoms with Crippen molar-refractivity contribution in [1.82, 2.24) is 4.90 Å². The van der Waals surface area contributed by atoms with Gasteiger partial charge < -0.3 is 9.47 Å². The molecule has 1 fully saturated rings. The average molecular weight is 450 g/mol. The first-order chi connectivity index (χ1) is 16.8. The topological polar surface area (TPSA) is 21.7 Å². The van der Waals surface area contributed by atoms with Crippen LogP contribution < -0.4 is 9.47 Å².